The smallest absolute Gasteiger partial charge is 0.244 e. The third kappa shape index (κ3) is 7.71. The van der Waals surface area contributed by atoms with E-state index in [4.69, 9.17) is 4.74 Å². The normalized spacial score (nSPS) is 12.6. The van der Waals surface area contributed by atoms with Gasteiger partial charge < -0.3 is 15.0 Å². The maximum atomic E-state index is 13.8. The fraction of sp³-hybridized carbons (Fsp3) is 0.481. The first-order valence-electron chi connectivity index (χ1n) is 12.0. The van der Waals surface area contributed by atoms with Crippen molar-refractivity contribution in [3.8, 4) is 5.75 Å². The van der Waals surface area contributed by atoms with Crippen LogP contribution in [0.1, 0.15) is 50.8 Å². The summed E-state index contributed by atoms with van der Waals surface area (Å²) in [7, 11) is -2.21. The van der Waals surface area contributed by atoms with Crippen molar-refractivity contribution in [3.63, 3.8) is 0 Å². The Morgan fingerprint density at radius 1 is 1.06 bits per heavy atom. The number of aryl methyl sites for hydroxylation is 1. The summed E-state index contributed by atoms with van der Waals surface area (Å²) in [5.74, 6) is -0.0788. The molecule has 0 unspecified atom stereocenters. The first-order valence-corrected chi connectivity index (χ1v) is 13.8. The molecular weight excluding hydrogens is 478 g/mol. The molecule has 0 aliphatic rings. The number of anilines is 1. The molecule has 1 atom stereocenters. The Kier molecular flexibility index (Phi) is 9.54. The maximum Gasteiger partial charge on any atom is 0.244 e. The summed E-state index contributed by atoms with van der Waals surface area (Å²) >= 11 is 0. The van der Waals surface area contributed by atoms with Gasteiger partial charge in [0.15, 0.2) is 0 Å². The monoisotopic (exact) mass is 517 g/mol. The first kappa shape index (κ1) is 29.2. The summed E-state index contributed by atoms with van der Waals surface area (Å²) < 4.78 is 32.0. The lowest BCUT2D eigenvalue weighted by molar-refractivity contribution is -0.141. The minimum atomic E-state index is -3.78. The second-order valence-corrected chi connectivity index (χ2v) is 11.9. The molecule has 8 nitrogen and oxygen atoms in total. The number of carbonyl (C=O) groups excluding carboxylic acids is 2. The molecule has 2 aromatic carbocycles. The van der Waals surface area contributed by atoms with E-state index in [1.807, 2.05) is 59.7 Å². The van der Waals surface area contributed by atoms with Gasteiger partial charge in [-0.25, -0.2) is 8.42 Å². The molecule has 0 aliphatic carbocycles. The third-order valence-electron chi connectivity index (χ3n) is 5.92. The number of carbonyl (C=O) groups is 2. The van der Waals surface area contributed by atoms with Gasteiger partial charge in [-0.05, 0) is 75.9 Å². The van der Waals surface area contributed by atoms with Crippen LogP contribution in [0.4, 0.5) is 5.69 Å². The minimum Gasteiger partial charge on any atom is -0.497 e. The molecule has 0 heterocycles. The summed E-state index contributed by atoms with van der Waals surface area (Å²) in [6, 6.07) is 11.8. The van der Waals surface area contributed by atoms with Gasteiger partial charge in [0.25, 0.3) is 0 Å². The molecule has 0 spiro atoms. The second-order valence-electron chi connectivity index (χ2n) is 10.0. The van der Waals surface area contributed by atoms with E-state index in [0.717, 1.165) is 27.3 Å². The number of amides is 2. The highest BCUT2D eigenvalue weighted by Crippen LogP contribution is 2.26. The third-order valence-corrected chi connectivity index (χ3v) is 7.05. The molecule has 198 valence electrons. The molecule has 9 heteroatoms. The molecule has 0 aliphatic heterocycles. The van der Waals surface area contributed by atoms with Crippen LogP contribution in [0.25, 0.3) is 0 Å². The van der Waals surface area contributed by atoms with Crippen molar-refractivity contribution in [2.45, 2.75) is 66.1 Å². The van der Waals surface area contributed by atoms with Gasteiger partial charge in [0.05, 0.1) is 19.1 Å². The Balaban J connectivity index is 2.50. The quantitative estimate of drug-likeness (QED) is 0.517. The van der Waals surface area contributed by atoms with Crippen molar-refractivity contribution >= 4 is 27.5 Å². The van der Waals surface area contributed by atoms with Crippen LogP contribution in [0, 0.1) is 13.8 Å². The largest absolute Gasteiger partial charge is 0.497 e. The van der Waals surface area contributed by atoms with E-state index in [0.29, 0.717) is 17.9 Å². The molecule has 2 rings (SSSR count). The number of benzene rings is 2. The van der Waals surface area contributed by atoms with E-state index < -0.39 is 34.1 Å². The summed E-state index contributed by atoms with van der Waals surface area (Å²) in [6.45, 7) is 10.9. The molecule has 0 bridgehead atoms. The van der Waals surface area contributed by atoms with Crippen molar-refractivity contribution in [1.82, 2.24) is 10.2 Å². The molecule has 36 heavy (non-hydrogen) atoms. The van der Waals surface area contributed by atoms with Crippen molar-refractivity contribution in [3.05, 3.63) is 59.2 Å². The van der Waals surface area contributed by atoms with Gasteiger partial charge in [0.2, 0.25) is 21.8 Å². The van der Waals surface area contributed by atoms with E-state index >= 15 is 0 Å². The van der Waals surface area contributed by atoms with Crippen LogP contribution in [-0.2, 0) is 26.2 Å². The van der Waals surface area contributed by atoms with Gasteiger partial charge in [-0.2, -0.15) is 0 Å². The zero-order chi connectivity index (χ0) is 27.3. The van der Waals surface area contributed by atoms with Crippen LogP contribution in [0.2, 0.25) is 0 Å². The van der Waals surface area contributed by atoms with Gasteiger partial charge in [-0.1, -0.05) is 31.2 Å². The molecular formula is C27H39N3O5S. The molecule has 2 amide bonds. The predicted octanol–water partition coefficient (Wildman–Crippen LogP) is 3.80. The highest BCUT2D eigenvalue weighted by atomic mass is 32.2. The van der Waals surface area contributed by atoms with Gasteiger partial charge in [0.1, 0.15) is 18.3 Å². The molecule has 2 aromatic rings. The lowest BCUT2D eigenvalue weighted by Crippen LogP contribution is -2.55. The number of nitrogens with zero attached hydrogens (tertiary/aromatic N) is 2. The lowest BCUT2D eigenvalue weighted by Gasteiger charge is -2.34. The lowest BCUT2D eigenvalue weighted by atomic mass is 10.1. The predicted molar refractivity (Wildman–Crippen MR) is 144 cm³/mol. The number of hydrogen-bond donors (Lipinski definition) is 1. The molecule has 0 fully saturated rings. The Hall–Kier alpha value is -3.07. The standard InChI is InChI=1S/C27H39N3O5S/c1-9-23(26(32)28-27(4,5)6)29(17-21-13-15-22(35-7)16-14-21)25(31)18-30(36(8,33)34)24-12-10-11-19(2)20(24)3/h10-16,23H,9,17-18H2,1-8H3,(H,28,32)/t23-/m1/s1. The topological polar surface area (TPSA) is 96.0 Å². The minimum absolute atomic E-state index is 0.142. The first-order chi connectivity index (χ1) is 16.7. The Labute approximate surface area is 215 Å². The van der Waals surface area contributed by atoms with E-state index in [2.05, 4.69) is 5.32 Å². The van der Waals surface area contributed by atoms with Crippen molar-refractivity contribution in [2.75, 3.05) is 24.2 Å². The number of rotatable bonds is 10. The van der Waals surface area contributed by atoms with Crippen LogP contribution in [0.5, 0.6) is 5.75 Å². The highest BCUT2D eigenvalue weighted by molar-refractivity contribution is 7.92. The second kappa shape index (κ2) is 11.8. The zero-order valence-corrected chi connectivity index (χ0v) is 23.4. The van der Waals surface area contributed by atoms with Crippen LogP contribution in [0.15, 0.2) is 42.5 Å². The fourth-order valence-electron chi connectivity index (χ4n) is 3.90. The van der Waals surface area contributed by atoms with Gasteiger partial charge in [0, 0.05) is 12.1 Å². The SMILES string of the molecule is CC[C@H](C(=O)NC(C)(C)C)N(Cc1ccc(OC)cc1)C(=O)CN(c1cccc(C)c1C)S(C)(=O)=O. The van der Waals surface area contributed by atoms with E-state index in [1.54, 1.807) is 31.4 Å². The Bertz CT molecular complexity index is 1170. The molecule has 0 aromatic heterocycles. The number of hydrogen-bond acceptors (Lipinski definition) is 5. The number of nitrogens with one attached hydrogen (secondary N) is 1. The Morgan fingerprint density at radius 2 is 1.67 bits per heavy atom. The number of methoxy groups -OCH3 is 1. The summed E-state index contributed by atoms with van der Waals surface area (Å²) in [4.78, 5) is 28.5. The zero-order valence-electron chi connectivity index (χ0n) is 22.6. The highest BCUT2D eigenvalue weighted by Gasteiger charge is 2.33. The van der Waals surface area contributed by atoms with Gasteiger partial charge in [-0.15, -0.1) is 0 Å². The molecule has 0 radical (unpaired) electrons. The fourth-order valence-corrected chi connectivity index (χ4v) is 4.80. The van der Waals surface area contributed by atoms with Crippen LogP contribution < -0.4 is 14.4 Å². The molecule has 1 N–H and O–H groups in total. The van der Waals surface area contributed by atoms with E-state index in [9.17, 15) is 18.0 Å². The number of sulfonamides is 1. The van der Waals surface area contributed by atoms with Crippen LogP contribution in [-0.4, -0.2) is 56.6 Å². The van der Waals surface area contributed by atoms with E-state index in [1.165, 1.54) is 4.90 Å². The summed E-state index contributed by atoms with van der Waals surface area (Å²) in [5.41, 5.74) is 2.44. The van der Waals surface area contributed by atoms with Crippen molar-refractivity contribution in [2.24, 2.45) is 0 Å². The molecule has 0 saturated carbocycles. The average Bonchev–Trinajstić information content (AvgIpc) is 2.77. The summed E-state index contributed by atoms with van der Waals surface area (Å²) in [5, 5.41) is 2.96. The number of ether oxygens (including phenoxy) is 1. The average molecular weight is 518 g/mol. The maximum absolute atomic E-state index is 13.8. The van der Waals surface area contributed by atoms with Crippen molar-refractivity contribution in [1.29, 1.82) is 0 Å². The van der Waals surface area contributed by atoms with Gasteiger partial charge >= 0.3 is 0 Å². The van der Waals surface area contributed by atoms with Crippen LogP contribution >= 0.6 is 0 Å². The van der Waals surface area contributed by atoms with Crippen molar-refractivity contribution < 1.29 is 22.7 Å². The summed E-state index contributed by atoms with van der Waals surface area (Å²) in [6.07, 6.45) is 1.45. The van der Waals surface area contributed by atoms with E-state index in [-0.39, 0.29) is 12.5 Å². The van der Waals surface area contributed by atoms with Gasteiger partial charge in [-0.3, -0.25) is 13.9 Å². The molecule has 0 saturated heterocycles. The Morgan fingerprint density at radius 3 is 2.17 bits per heavy atom. The van der Waals surface area contributed by atoms with Crippen LogP contribution in [0.3, 0.4) is 0 Å².